The van der Waals surface area contributed by atoms with E-state index < -0.39 is 0 Å². The third-order valence-electron chi connectivity index (χ3n) is 4.20. The second-order valence-electron chi connectivity index (χ2n) is 5.57. The molecular formula is C13H21N3. The molecule has 2 N–H and O–H groups in total. The Balaban J connectivity index is 1.78. The molecule has 0 spiro atoms. The van der Waals surface area contributed by atoms with Crippen molar-refractivity contribution in [2.24, 2.45) is 12.8 Å². The van der Waals surface area contributed by atoms with E-state index in [0.717, 1.165) is 12.8 Å². The van der Waals surface area contributed by atoms with E-state index in [1.807, 2.05) is 0 Å². The fourth-order valence-electron chi connectivity index (χ4n) is 2.84. The summed E-state index contributed by atoms with van der Waals surface area (Å²) in [7, 11) is 2.09. The summed E-state index contributed by atoms with van der Waals surface area (Å²) in [6.07, 6.45) is 9.73. The molecule has 16 heavy (non-hydrogen) atoms. The van der Waals surface area contributed by atoms with Gasteiger partial charge in [-0.3, -0.25) is 4.68 Å². The topological polar surface area (TPSA) is 43.8 Å². The van der Waals surface area contributed by atoms with E-state index >= 15 is 0 Å². The first kappa shape index (κ1) is 10.3. The number of fused-ring (bicyclic) bond motifs is 1. The molecule has 0 radical (unpaired) electrons. The zero-order valence-corrected chi connectivity index (χ0v) is 10.1. The van der Waals surface area contributed by atoms with Crippen LogP contribution in [0.25, 0.3) is 0 Å². The van der Waals surface area contributed by atoms with E-state index in [1.54, 1.807) is 0 Å². The summed E-state index contributed by atoms with van der Waals surface area (Å²) in [5.74, 6) is 0. The Bertz CT molecular complexity index is 402. The standard InChI is InChI=1S/C13H21N3/c1-16-12-5-3-2-4-10(12)11(15-16)6-7-13(14)8-9-13/h2-9,14H2,1H3. The third kappa shape index (κ3) is 1.77. The van der Waals surface area contributed by atoms with Crippen LogP contribution >= 0.6 is 0 Å². The molecule has 1 aromatic heterocycles. The molecule has 0 unspecified atom stereocenters. The van der Waals surface area contributed by atoms with E-state index in [0.29, 0.717) is 0 Å². The van der Waals surface area contributed by atoms with Gasteiger partial charge in [0.1, 0.15) is 0 Å². The summed E-state index contributed by atoms with van der Waals surface area (Å²) in [6, 6.07) is 0. The van der Waals surface area contributed by atoms with Crippen molar-refractivity contribution in [3.8, 4) is 0 Å². The number of hydrogen-bond acceptors (Lipinski definition) is 2. The van der Waals surface area contributed by atoms with Crippen molar-refractivity contribution < 1.29 is 0 Å². The van der Waals surface area contributed by atoms with Crippen LogP contribution in [-0.2, 0) is 26.3 Å². The maximum Gasteiger partial charge on any atom is 0.0660 e. The van der Waals surface area contributed by atoms with E-state index in [4.69, 9.17) is 5.73 Å². The molecule has 0 atom stereocenters. The van der Waals surface area contributed by atoms with Gasteiger partial charge < -0.3 is 5.73 Å². The SMILES string of the molecule is Cn1nc(CCC2(N)CC2)c2c1CCCC2. The molecule has 3 nitrogen and oxygen atoms in total. The van der Waals surface area contributed by atoms with Crippen molar-refractivity contribution in [3.05, 3.63) is 17.0 Å². The lowest BCUT2D eigenvalue weighted by atomic mass is 9.94. The summed E-state index contributed by atoms with van der Waals surface area (Å²) in [5.41, 5.74) is 10.7. The Hall–Kier alpha value is -0.830. The Labute approximate surface area is 97.0 Å². The van der Waals surface area contributed by atoms with Crippen LogP contribution in [0.5, 0.6) is 0 Å². The predicted molar refractivity (Wildman–Crippen MR) is 64.3 cm³/mol. The fourth-order valence-corrected chi connectivity index (χ4v) is 2.84. The minimum absolute atomic E-state index is 0.166. The lowest BCUT2D eigenvalue weighted by Gasteiger charge is -2.13. The Kier molecular flexibility index (Phi) is 2.32. The molecule has 2 aliphatic rings. The molecule has 1 saturated carbocycles. The molecule has 1 aromatic rings. The van der Waals surface area contributed by atoms with E-state index in [1.165, 1.54) is 55.5 Å². The van der Waals surface area contributed by atoms with E-state index in [-0.39, 0.29) is 5.54 Å². The number of rotatable bonds is 3. The van der Waals surface area contributed by atoms with Gasteiger partial charge in [0.05, 0.1) is 5.69 Å². The van der Waals surface area contributed by atoms with Gasteiger partial charge in [0.15, 0.2) is 0 Å². The van der Waals surface area contributed by atoms with Gasteiger partial charge in [-0.1, -0.05) is 0 Å². The molecule has 2 aliphatic carbocycles. The maximum absolute atomic E-state index is 6.14. The number of nitrogens with two attached hydrogens (primary N) is 1. The largest absolute Gasteiger partial charge is 0.325 e. The van der Waals surface area contributed by atoms with Gasteiger partial charge >= 0.3 is 0 Å². The zero-order valence-electron chi connectivity index (χ0n) is 10.1. The zero-order chi connectivity index (χ0) is 11.2. The quantitative estimate of drug-likeness (QED) is 0.841. The van der Waals surface area contributed by atoms with Crippen molar-refractivity contribution in [2.75, 3.05) is 0 Å². The molecule has 3 heteroatoms. The van der Waals surface area contributed by atoms with Gasteiger partial charge in [0, 0.05) is 18.3 Å². The Morgan fingerprint density at radius 2 is 2.06 bits per heavy atom. The summed E-state index contributed by atoms with van der Waals surface area (Å²) in [4.78, 5) is 0. The van der Waals surface area contributed by atoms with Crippen LogP contribution in [0.1, 0.15) is 49.1 Å². The summed E-state index contributed by atoms with van der Waals surface area (Å²) in [5, 5.41) is 4.68. The first-order valence-corrected chi connectivity index (χ1v) is 6.50. The van der Waals surface area contributed by atoms with Gasteiger partial charge in [0.25, 0.3) is 0 Å². The van der Waals surface area contributed by atoms with E-state index in [2.05, 4.69) is 16.8 Å². The van der Waals surface area contributed by atoms with E-state index in [9.17, 15) is 0 Å². The molecule has 0 bridgehead atoms. The van der Waals surface area contributed by atoms with Gasteiger partial charge in [-0.25, -0.2) is 0 Å². The molecular weight excluding hydrogens is 198 g/mol. The van der Waals surface area contributed by atoms with Crippen LogP contribution in [0.3, 0.4) is 0 Å². The molecule has 1 fully saturated rings. The minimum atomic E-state index is 0.166. The van der Waals surface area contributed by atoms with Crippen molar-refractivity contribution in [1.82, 2.24) is 9.78 Å². The molecule has 3 rings (SSSR count). The minimum Gasteiger partial charge on any atom is -0.325 e. The van der Waals surface area contributed by atoms with Gasteiger partial charge in [-0.2, -0.15) is 5.10 Å². The lowest BCUT2D eigenvalue weighted by molar-refractivity contribution is 0.595. The second kappa shape index (κ2) is 3.59. The highest BCUT2D eigenvalue weighted by molar-refractivity contribution is 5.29. The lowest BCUT2D eigenvalue weighted by Crippen LogP contribution is -2.22. The van der Waals surface area contributed by atoms with Crippen molar-refractivity contribution in [3.63, 3.8) is 0 Å². The molecule has 0 amide bonds. The highest BCUT2D eigenvalue weighted by Crippen LogP contribution is 2.37. The molecule has 0 saturated heterocycles. The van der Waals surface area contributed by atoms with Crippen LogP contribution in [0.15, 0.2) is 0 Å². The number of hydrogen-bond donors (Lipinski definition) is 1. The smallest absolute Gasteiger partial charge is 0.0660 e. The fraction of sp³-hybridized carbons (Fsp3) is 0.769. The second-order valence-corrected chi connectivity index (χ2v) is 5.57. The number of nitrogens with zero attached hydrogens (tertiary/aromatic N) is 2. The number of aryl methyl sites for hydroxylation is 2. The summed E-state index contributed by atoms with van der Waals surface area (Å²) in [6.45, 7) is 0. The van der Waals surface area contributed by atoms with Gasteiger partial charge in [-0.05, 0) is 56.9 Å². The van der Waals surface area contributed by atoms with Crippen LogP contribution < -0.4 is 5.73 Å². The molecule has 1 heterocycles. The molecule has 0 aromatic carbocycles. The molecule has 0 aliphatic heterocycles. The van der Waals surface area contributed by atoms with Crippen molar-refractivity contribution in [2.45, 2.75) is 56.9 Å². The Morgan fingerprint density at radius 1 is 1.31 bits per heavy atom. The first-order valence-electron chi connectivity index (χ1n) is 6.50. The maximum atomic E-state index is 6.14. The first-order chi connectivity index (χ1) is 7.68. The summed E-state index contributed by atoms with van der Waals surface area (Å²) < 4.78 is 2.10. The number of aromatic nitrogens is 2. The highest BCUT2D eigenvalue weighted by Gasteiger charge is 2.37. The normalized spacial score (nSPS) is 21.9. The highest BCUT2D eigenvalue weighted by atomic mass is 15.3. The molecule has 88 valence electrons. The van der Waals surface area contributed by atoms with Crippen molar-refractivity contribution >= 4 is 0 Å². The average molecular weight is 219 g/mol. The van der Waals surface area contributed by atoms with Crippen LogP contribution in [0.2, 0.25) is 0 Å². The third-order valence-corrected chi connectivity index (χ3v) is 4.20. The van der Waals surface area contributed by atoms with Crippen LogP contribution in [0, 0.1) is 0 Å². The summed E-state index contributed by atoms with van der Waals surface area (Å²) >= 11 is 0. The predicted octanol–water partition coefficient (Wildman–Crippen LogP) is 1.72. The van der Waals surface area contributed by atoms with Gasteiger partial charge in [0.2, 0.25) is 0 Å². The average Bonchev–Trinajstić information content (AvgIpc) is 2.94. The van der Waals surface area contributed by atoms with Crippen LogP contribution in [0.4, 0.5) is 0 Å². The van der Waals surface area contributed by atoms with Gasteiger partial charge in [-0.15, -0.1) is 0 Å². The van der Waals surface area contributed by atoms with Crippen LogP contribution in [-0.4, -0.2) is 15.3 Å². The monoisotopic (exact) mass is 219 g/mol. The Morgan fingerprint density at radius 3 is 2.81 bits per heavy atom. The van der Waals surface area contributed by atoms with Crippen molar-refractivity contribution in [1.29, 1.82) is 0 Å².